The number of aryl methyl sites for hydroxylation is 2. The Bertz CT molecular complexity index is 412. The Balaban J connectivity index is 1.98. The number of hydrogen-bond donors (Lipinski definition) is 1. The predicted octanol–water partition coefficient (Wildman–Crippen LogP) is 0.624. The molecule has 1 aliphatic heterocycles. The van der Waals surface area contributed by atoms with E-state index in [2.05, 4.69) is 22.3 Å². The molecule has 0 bridgehead atoms. The largest absolute Gasteiger partial charge is 0.379 e. The van der Waals surface area contributed by atoms with Crippen LogP contribution in [0.25, 0.3) is 0 Å². The molecule has 0 aliphatic carbocycles. The molecule has 100 valence electrons. The molecule has 1 N–H and O–H groups in total. The van der Waals surface area contributed by atoms with Crippen molar-refractivity contribution < 1.29 is 9.53 Å². The van der Waals surface area contributed by atoms with Crippen LogP contribution in [0.1, 0.15) is 12.7 Å². The Hall–Kier alpha value is -1.63. The van der Waals surface area contributed by atoms with Crippen molar-refractivity contribution in [2.75, 3.05) is 31.6 Å². The third kappa shape index (κ3) is 2.98. The summed E-state index contributed by atoms with van der Waals surface area (Å²) in [5.41, 5.74) is 0. The zero-order valence-corrected chi connectivity index (χ0v) is 11.0. The van der Waals surface area contributed by atoms with Crippen molar-refractivity contribution in [1.29, 1.82) is 0 Å². The lowest BCUT2D eigenvalue weighted by Gasteiger charge is -2.21. The Kier molecular flexibility index (Phi) is 3.81. The number of carbonyl (C=O) groups is 1. The van der Waals surface area contributed by atoms with Gasteiger partial charge in [-0.3, -0.25) is 10.00 Å². The summed E-state index contributed by atoms with van der Waals surface area (Å²) in [6.07, 6.45) is 0. The van der Waals surface area contributed by atoms with Crippen molar-refractivity contribution in [2.45, 2.75) is 13.8 Å². The summed E-state index contributed by atoms with van der Waals surface area (Å²) in [5, 5.41) is 6.81. The van der Waals surface area contributed by atoms with E-state index in [1.807, 2.05) is 6.92 Å². The van der Waals surface area contributed by atoms with E-state index in [0.717, 1.165) is 5.82 Å². The molecular formula is C11H19N5O2. The lowest BCUT2D eigenvalue weighted by Crippen LogP contribution is -2.38. The molecule has 0 saturated carbocycles. The van der Waals surface area contributed by atoms with Gasteiger partial charge in [0.1, 0.15) is 5.82 Å². The first kappa shape index (κ1) is 12.8. The fraction of sp³-hybridized carbons (Fsp3) is 0.727. The van der Waals surface area contributed by atoms with Gasteiger partial charge in [-0.15, -0.1) is 5.10 Å². The number of anilines is 1. The summed E-state index contributed by atoms with van der Waals surface area (Å²) in [4.78, 5) is 17.9. The van der Waals surface area contributed by atoms with Gasteiger partial charge in [0.25, 0.3) is 0 Å². The van der Waals surface area contributed by atoms with Crippen molar-refractivity contribution in [3.8, 4) is 0 Å². The molecule has 0 aromatic carbocycles. The maximum atomic E-state index is 12.1. The Labute approximate surface area is 106 Å². The number of hydrogen-bond acceptors (Lipinski definition) is 4. The predicted molar refractivity (Wildman–Crippen MR) is 66.3 cm³/mol. The van der Waals surface area contributed by atoms with Crippen molar-refractivity contribution >= 4 is 12.0 Å². The average molecular weight is 253 g/mol. The zero-order chi connectivity index (χ0) is 13.1. The summed E-state index contributed by atoms with van der Waals surface area (Å²) in [7, 11) is 1.79. The number of rotatable bonds is 1. The van der Waals surface area contributed by atoms with Crippen LogP contribution in [0, 0.1) is 12.8 Å². The fourth-order valence-electron chi connectivity index (χ4n) is 1.85. The number of nitrogens with zero attached hydrogens (tertiary/aromatic N) is 4. The van der Waals surface area contributed by atoms with Gasteiger partial charge in [0.2, 0.25) is 5.95 Å². The van der Waals surface area contributed by atoms with Gasteiger partial charge in [-0.05, 0) is 12.8 Å². The molecule has 1 saturated heterocycles. The van der Waals surface area contributed by atoms with Crippen LogP contribution >= 0.6 is 0 Å². The highest BCUT2D eigenvalue weighted by Crippen LogP contribution is 2.08. The van der Waals surface area contributed by atoms with Crippen molar-refractivity contribution in [3.05, 3.63) is 5.82 Å². The summed E-state index contributed by atoms with van der Waals surface area (Å²) in [5.74, 6) is 1.45. The SMILES string of the molecule is Cc1nc(NC(=O)N2CCOCC(C)C2)nn1C. The van der Waals surface area contributed by atoms with Crippen LogP contribution in [-0.4, -0.2) is 52.0 Å². The molecule has 0 spiro atoms. The lowest BCUT2D eigenvalue weighted by molar-refractivity contribution is 0.127. The molecule has 1 atom stereocenters. The standard InChI is InChI=1S/C11H19N5O2/c1-8-6-16(4-5-18-7-8)11(17)13-10-12-9(2)15(3)14-10/h8H,4-7H2,1-3H3,(H,13,14,17). The van der Waals surface area contributed by atoms with Gasteiger partial charge in [0.15, 0.2) is 0 Å². The van der Waals surface area contributed by atoms with E-state index in [0.29, 0.717) is 38.2 Å². The summed E-state index contributed by atoms with van der Waals surface area (Å²) in [6.45, 7) is 6.47. The third-order valence-corrected chi connectivity index (χ3v) is 2.93. The van der Waals surface area contributed by atoms with E-state index in [9.17, 15) is 4.79 Å². The molecule has 0 radical (unpaired) electrons. The summed E-state index contributed by atoms with van der Waals surface area (Å²) in [6, 6.07) is -0.169. The maximum absolute atomic E-state index is 12.1. The Morgan fingerprint density at radius 1 is 1.56 bits per heavy atom. The van der Waals surface area contributed by atoms with Gasteiger partial charge in [-0.25, -0.2) is 4.79 Å². The number of aromatic nitrogens is 3. The minimum Gasteiger partial charge on any atom is -0.379 e. The van der Waals surface area contributed by atoms with Crippen LogP contribution in [-0.2, 0) is 11.8 Å². The van der Waals surface area contributed by atoms with Gasteiger partial charge in [0.05, 0.1) is 13.2 Å². The van der Waals surface area contributed by atoms with E-state index >= 15 is 0 Å². The second-order valence-corrected chi connectivity index (χ2v) is 4.66. The molecule has 1 aromatic rings. The van der Waals surface area contributed by atoms with Crippen LogP contribution in [0.2, 0.25) is 0 Å². The first-order valence-corrected chi connectivity index (χ1v) is 6.07. The highest BCUT2D eigenvalue weighted by Gasteiger charge is 2.20. The van der Waals surface area contributed by atoms with Gasteiger partial charge in [0, 0.05) is 20.1 Å². The normalized spacial score (nSPS) is 20.6. The monoisotopic (exact) mass is 253 g/mol. The average Bonchev–Trinajstić information content (AvgIpc) is 2.53. The van der Waals surface area contributed by atoms with Gasteiger partial charge >= 0.3 is 6.03 Å². The molecule has 2 amide bonds. The van der Waals surface area contributed by atoms with Gasteiger partial charge in [-0.2, -0.15) is 4.98 Å². The van der Waals surface area contributed by atoms with Crippen LogP contribution in [0.5, 0.6) is 0 Å². The first-order chi connectivity index (χ1) is 8.56. The second-order valence-electron chi connectivity index (χ2n) is 4.66. The number of urea groups is 1. The molecule has 7 nitrogen and oxygen atoms in total. The van der Waals surface area contributed by atoms with Crippen LogP contribution in [0.15, 0.2) is 0 Å². The summed E-state index contributed by atoms with van der Waals surface area (Å²) < 4.78 is 7.03. The minimum atomic E-state index is -0.169. The molecule has 2 rings (SSSR count). The molecule has 7 heteroatoms. The maximum Gasteiger partial charge on any atom is 0.324 e. The van der Waals surface area contributed by atoms with E-state index in [-0.39, 0.29) is 6.03 Å². The third-order valence-electron chi connectivity index (χ3n) is 2.93. The minimum absolute atomic E-state index is 0.169. The topological polar surface area (TPSA) is 72.3 Å². The molecule has 1 aromatic heterocycles. The smallest absolute Gasteiger partial charge is 0.324 e. The highest BCUT2D eigenvalue weighted by molar-refractivity contribution is 5.87. The molecule has 1 unspecified atom stereocenters. The summed E-state index contributed by atoms with van der Waals surface area (Å²) >= 11 is 0. The number of carbonyl (C=O) groups excluding carboxylic acids is 1. The van der Waals surface area contributed by atoms with Gasteiger partial charge in [-0.1, -0.05) is 6.92 Å². The van der Waals surface area contributed by atoms with E-state index in [1.54, 1.807) is 16.6 Å². The quantitative estimate of drug-likeness (QED) is 0.796. The fourth-order valence-corrected chi connectivity index (χ4v) is 1.85. The van der Waals surface area contributed by atoms with Crippen LogP contribution in [0.4, 0.5) is 10.7 Å². The highest BCUT2D eigenvalue weighted by atomic mass is 16.5. The molecule has 1 fully saturated rings. The van der Waals surface area contributed by atoms with Crippen molar-refractivity contribution in [3.63, 3.8) is 0 Å². The number of amides is 2. The number of nitrogens with one attached hydrogen (secondary N) is 1. The van der Waals surface area contributed by atoms with E-state index in [1.165, 1.54) is 0 Å². The van der Waals surface area contributed by atoms with Crippen molar-refractivity contribution in [2.24, 2.45) is 13.0 Å². The zero-order valence-electron chi connectivity index (χ0n) is 11.0. The van der Waals surface area contributed by atoms with Gasteiger partial charge < -0.3 is 9.64 Å². The first-order valence-electron chi connectivity index (χ1n) is 6.07. The molecule has 18 heavy (non-hydrogen) atoms. The van der Waals surface area contributed by atoms with E-state index in [4.69, 9.17) is 4.74 Å². The van der Waals surface area contributed by atoms with E-state index < -0.39 is 0 Å². The Morgan fingerprint density at radius 3 is 3.00 bits per heavy atom. The number of ether oxygens (including phenoxy) is 1. The second kappa shape index (κ2) is 5.34. The lowest BCUT2D eigenvalue weighted by atomic mass is 10.2. The van der Waals surface area contributed by atoms with Crippen LogP contribution < -0.4 is 5.32 Å². The molecule has 1 aliphatic rings. The molecular weight excluding hydrogens is 234 g/mol. The Morgan fingerprint density at radius 2 is 2.33 bits per heavy atom. The van der Waals surface area contributed by atoms with Crippen molar-refractivity contribution in [1.82, 2.24) is 19.7 Å². The van der Waals surface area contributed by atoms with Crippen LogP contribution in [0.3, 0.4) is 0 Å². The molecule has 2 heterocycles.